The third-order valence-electron chi connectivity index (χ3n) is 3.74. The van der Waals surface area contributed by atoms with E-state index in [9.17, 15) is 14.7 Å². The quantitative estimate of drug-likeness (QED) is 0.799. The van der Waals surface area contributed by atoms with Crippen LogP contribution in [-0.2, 0) is 9.59 Å². The SMILES string of the molecule is Cc1ccc(NC(=O)CCCC(=O)N(C)c2ccccc2)c(O)c1. The molecule has 2 amide bonds. The predicted molar refractivity (Wildman–Crippen MR) is 95.2 cm³/mol. The monoisotopic (exact) mass is 326 g/mol. The van der Waals surface area contributed by atoms with E-state index in [1.165, 1.54) is 0 Å². The Morgan fingerprint density at radius 1 is 1.08 bits per heavy atom. The van der Waals surface area contributed by atoms with Crippen LogP contribution in [0, 0.1) is 6.92 Å². The van der Waals surface area contributed by atoms with Crippen LogP contribution in [0.25, 0.3) is 0 Å². The number of phenolic OH excluding ortho intramolecular Hbond substituents is 1. The second kappa shape index (κ2) is 8.15. The van der Waals surface area contributed by atoms with Gasteiger partial charge in [-0.05, 0) is 43.2 Å². The number of rotatable bonds is 6. The number of hydrogen-bond donors (Lipinski definition) is 2. The van der Waals surface area contributed by atoms with E-state index in [0.29, 0.717) is 18.5 Å². The number of aromatic hydroxyl groups is 1. The normalized spacial score (nSPS) is 10.2. The molecule has 126 valence electrons. The van der Waals surface area contributed by atoms with Gasteiger partial charge in [-0.1, -0.05) is 24.3 Å². The summed E-state index contributed by atoms with van der Waals surface area (Å²) in [6, 6.07) is 14.4. The second-order valence-electron chi connectivity index (χ2n) is 5.71. The average Bonchev–Trinajstić information content (AvgIpc) is 2.57. The zero-order valence-electron chi connectivity index (χ0n) is 14.0. The van der Waals surface area contributed by atoms with Crippen LogP contribution in [0.5, 0.6) is 5.75 Å². The molecular formula is C19H22N2O3. The number of phenols is 1. The molecule has 0 fully saturated rings. The van der Waals surface area contributed by atoms with Crippen LogP contribution in [0.4, 0.5) is 11.4 Å². The van der Waals surface area contributed by atoms with E-state index in [-0.39, 0.29) is 24.0 Å². The molecular weight excluding hydrogens is 304 g/mol. The summed E-state index contributed by atoms with van der Waals surface area (Å²) in [5.41, 5.74) is 2.13. The molecule has 0 aliphatic heterocycles. The van der Waals surface area contributed by atoms with Gasteiger partial charge in [-0.3, -0.25) is 9.59 Å². The number of anilines is 2. The van der Waals surface area contributed by atoms with Gasteiger partial charge in [0.2, 0.25) is 11.8 Å². The zero-order valence-corrected chi connectivity index (χ0v) is 14.0. The van der Waals surface area contributed by atoms with Crippen LogP contribution in [-0.4, -0.2) is 24.0 Å². The molecule has 0 aliphatic rings. The Kier molecular flexibility index (Phi) is 5.95. The fraction of sp³-hybridized carbons (Fsp3) is 0.263. The first kappa shape index (κ1) is 17.5. The maximum Gasteiger partial charge on any atom is 0.226 e. The molecule has 0 unspecified atom stereocenters. The minimum Gasteiger partial charge on any atom is -0.506 e. The fourth-order valence-electron chi connectivity index (χ4n) is 2.32. The van der Waals surface area contributed by atoms with Crippen LogP contribution < -0.4 is 10.2 Å². The van der Waals surface area contributed by atoms with Crippen molar-refractivity contribution in [2.45, 2.75) is 26.2 Å². The molecule has 2 aromatic rings. The lowest BCUT2D eigenvalue weighted by Gasteiger charge is -2.17. The lowest BCUT2D eigenvalue weighted by Crippen LogP contribution is -2.26. The summed E-state index contributed by atoms with van der Waals surface area (Å²) in [7, 11) is 1.72. The van der Waals surface area contributed by atoms with Gasteiger partial charge >= 0.3 is 0 Å². The molecule has 0 spiro atoms. The van der Waals surface area contributed by atoms with E-state index >= 15 is 0 Å². The lowest BCUT2D eigenvalue weighted by atomic mass is 10.2. The Balaban J connectivity index is 1.79. The first-order chi connectivity index (χ1) is 11.5. The van der Waals surface area contributed by atoms with Crippen molar-refractivity contribution in [3.63, 3.8) is 0 Å². The topological polar surface area (TPSA) is 69.6 Å². The number of benzene rings is 2. The molecule has 0 aliphatic carbocycles. The van der Waals surface area contributed by atoms with Crippen molar-refractivity contribution in [3.8, 4) is 5.75 Å². The van der Waals surface area contributed by atoms with Gasteiger partial charge in [0.15, 0.2) is 0 Å². The minimum atomic E-state index is -0.218. The van der Waals surface area contributed by atoms with Gasteiger partial charge in [0.1, 0.15) is 5.75 Å². The maximum atomic E-state index is 12.1. The average molecular weight is 326 g/mol. The number of amides is 2. The molecule has 2 aromatic carbocycles. The Morgan fingerprint density at radius 3 is 2.46 bits per heavy atom. The largest absolute Gasteiger partial charge is 0.506 e. The molecule has 0 saturated carbocycles. The van der Waals surface area contributed by atoms with Crippen molar-refractivity contribution >= 4 is 23.2 Å². The highest BCUT2D eigenvalue weighted by Gasteiger charge is 2.12. The van der Waals surface area contributed by atoms with Crippen molar-refractivity contribution < 1.29 is 14.7 Å². The second-order valence-corrected chi connectivity index (χ2v) is 5.71. The summed E-state index contributed by atoms with van der Waals surface area (Å²) in [6.45, 7) is 1.86. The van der Waals surface area contributed by atoms with E-state index in [1.54, 1.807) is 24.1 Å². The number of nitrogens with one attached hydrogen (secondary N) is 1. The summed E-state index contributed by atoms with van der Waals surface area (Å²) in [5.74, 6) is -0.209. The number of para-hydroxylation sites is 1. The van der Waals surface area contributed by atoms with E-state index < -0.39 is 0 Å². The smallest absolute Gasteiger partial charge is 0.226 e. The summed E-state index contributed by atoms with van der Waals surface area (Å²) < 4.78 is 0. The van der Waals surface area contributed by atoms with Gasteiger partial charge in [0, 0.05) is 25.6 Å². The first-order valence-electron chi connectivity index (χ1n) is 7.88. The van der Waals surface area contributed by atoms with E-state index in [4.69, 9.17) is 0 Å². The Hall–Kier alpha value is -2.82. The van der Waals surface area contributed by atoms with Crippen molar-refractivity contribution in [1.82, 2.24) is 0 Å². The molecule has 24 heavy (non-hydrogen) atoms. The molecule has 5 heteroatoms. The van der Waals surface area contributed by atoms with E-state index in [0.717, 1.165) is 11.3 Å². The number of aryl methyl sites for hydroxylation is 1. The molecule has 2 rings (SSSR count). The van der Waals surface area contributed by atoms with Crippen LogP contribution in [0.2, 0.25) is 0 Å². The summed E-state index contributed by atoms with van der Waals surface area (Å²) in [6.07, 6.45) is 0.967. The zero-order chi connectivity index (χ0) is 17.5. The minimum absolute atomic E-state index is 0.0350. The highest BCUT2D eigenvalue weighted by atomic mass is 16.3. The molecule has 2 N–H and O–H groups in total. The van der Waals surface area contributed by atoms with Crippen LogP contribution in [0.1, 0.15) is 24.8 Å². The van der Waals surface area contributed by atoms with E-state index in [1.807, 2.05) is 43.3 Å². The number of nitrogens with zero attached hydrogens (tertiary/aromatic N) is 1. The summed E-state index contributed by atoms with van der Waals surface area (Å²) >= 11 is 0. The van der Waals surface area contributed by atoms with E-state index in [2.05, 4.69) is 5.32 Å². The standard InChI is InChI=1S/C19H22N2O3/c1-14-11-12-16(17(22)13-14)20-18(23)9-6-10-19(24)21(2)15-7-4-3-5-8-15/h3-5,7-8,11-13,22H,6,9-10H2,1-2H3,(H,20,23). The van der Waals surface area contributed by atoms with Crippen molar-refractivity contribution in [3.05, 3.63) is 54.1 Å². The van der Waals surface area contributed by atoms with Crippen molar-refractivity contribution in [1.29, 1.82) is 0 Å². The summed E-state index contributed by atoms with van der Waals surface area (Å²) in [5, 5.41) is 12.4. The first-order valence-corrected chi connectivity index (χ1v) is 7.88. The van der Waals surface area contributed by atoms with Crippen LogP contribution in [0.3, 0.4) is 0 Å². The predicted octanol–water partition coefficient (Wildman–Crippen LogP) is 3.47. The lowest BCUT2D eigenvalue weighted by molar-refractivity contribution is -0.118. The molecule has 0 radical (unpaired) electrons. The molecule has 0 heterocycles. The summed E-state index contributed by atoms with van der Waals surface area (Å²) in [4.78, 5) is 25.6. The van der Waals surface area contributed by atoms with Crippen LogP contribution in [0.15, 0.2) is 48.5 Å². The third-order valence-corrected chi connectivity index (χ3v) is 3.74. The fourth-order valence-corrected chi connectivity index (χ4v) is 2.32. The van der Waals surface area contributed by atoms with Gasteiger partial charge in [-0.2, -0.15) is 0 Å². The number of hydrogen-bond acceptors (Lipinski definition) is 3. The number of carbonyl (C=O) groups is 2. The molecule has 5 nitrogen and oxygen atoms in total. The van der Waals surface area contributed by atoms with Gasteiger partial charge in [0.25, 0.3) is 0 Å². The highest BCUT2D eigenvalue weighted by molar-refractivity contribution is 5.94. The Labute approximate surface area is 141 Å². The van der Waals surface area contributed by atoms with Crippen molar-refractivity contribution in [2.24, 2.45) is 0 Å². The molecule has 0 atom stereocenters. The van der Waals surface area contributed by atoms with Gasteiger partial charge in [0.05, 0.1) is 5.69 Å². The maximum absolute atomic E-state index is 12.1. The highest BCUT2D eigenvalue weighted by Crippen LogP contribution is 2.24. The van der Waals surface area contributed by atoms with Crippen LogP contribution >= 0.6 is 0 Å². The Morgan fingerprint density at radius 2 is 1.79 bits per heavy atom. The molecule has 0 bridgehead atoms. The molecule has 0 aromatic heterocycles. The third kappa shape index (κ3) is 4.84. The van der Waals surface area contributed by atoms with Gasteiger partial charge in [-0.15, -0.1) is 0 Å². The van der Waals surface area contributed by atoms with Gasteiger partial charge < -0.3 is 15.3 Å². The number of carbonyl (C=O) groups excluding carboxylic acids is 2. The van der Waals surface area contributed by atoms with Gasteiger partial charge in [-0.25, -0.2) is 0 Å². The molecule has 0 saturated heterocycles. The van der Waals surface area contributed by atoms with Crippen molar-refractivity contribution in [2.75, 3.05) is 17.3 Å². The Bertz CT molecular complexity index is 714.